The van der Waals surface area contributed by atoms with E-state index in [-0.39, 0.29) is 77.7 Å². The maximum atomic E-state index is 15.7. The van der Waals surface area contributed by atoms with Crippen molar-refractivity contribution in [2.24, 2.45) is 5.92 Å². The van der Waals surface area contributed by atoms with Crippen LogP contribution in [0, 0.1) is 11.7 Å². The number of carbonyl (C=O) groups excluding carboxylic acids is 2. The number of methoxy groups -OCH3 is 1. The van der Waals surface area contributed by atoms with Gasteiger partial charge in [-0.05, 0) is 48.1 Å². The lowest BCUT2D eigenvalue weighted by atomic mass is 9.98. The van der Waals surface area contributed by atoms with E-state index in [2.05, 4.69) is 41.0 Å². The Morgan fingerprint density at radius 1 is 0.924 bits per heavy atom. The first-order chi connectivity index (χ1) is 38.2. The Balaban J connectivity index is 0.852. The molecular weight excluding hydrogens is 1080 g/mol. The quantitative estimate of drug-likeness (QED) is 0.0546. The monoisotopic (exact) mass is 1130 g/mol. The molecule has 11 rings (SSSR count). The fourth-order valence-corrected chi connectivity index (χ4v) is 11.6. The Labute approximate surface area is 468 Å². The third-order valence-electron chi connectivity index (χ3n) is 15.0. The molecule has 2 bridgehead atoms. The Hall–Kier alpha value is -7.04. The number of hydrogen-bond donors (Lipinski definition) is 5. The number of benzene rings is 4. The summed E-state index contributed by atoms with van der Waals surface area (Å²) in [7, 11) is 1.60. The number of likely N-dealkylation sites (tertiary alicyclic amines) is 1. The summed E-state index contributed by atoms with van der Waals surface area (Å²) in [4.78, 5) is 46.1. The fraction of sp³-hybridized carbons (Fsp3) is 0.357. The van der Waals surface area contributed by atoms with Gasteiger partial charge >= 0.3 is 6.01 Å². The van der Waals surface area contributed by atoms with E-state index in [4.69, 9.17) is 59.0 Å². The van der Waals surface area contributed by atoms with Gasteiger partial charge in [-0.3, -0.25) is 19.7 Å². The minimum atomic E-state index is -1.02. The summed E-state index contributed by atoms with van der Waals surface area (Å²) in [5, 5.41) is 45.3. The number of β-amino-alcohol motifs (C(OH)–C–C–N with tert-alkyl or cyclic N) is 1. The van der Waals surface area contributed by atoms with E-state index in [0.29, 0.717) is 61.6 Å². The van der Waals surface area contributed by atoms with Crippen molar-refractivity contribution >= 4 is 74.2 Å². The number of nitrogens with one attached hydrogen (secondary N) is 3. The van der Waals surface area contributed by atoms with Gasteiger partial charge in [0.1, 0.15) is 48.1 Å². The molecule has 2 amide bonds. The SMILES string of the molecule is CO[C@@H](C)COc1nc(N2C[C@@H]3C[C@H]2CN3)c2cc(Cl)c(-c3c(Cl)c(F)cc4[nH]ncc34)c(OCc3ccc(-c4cn([C@H](C(=O)N5C[C@H](O)C[C@H]5C(=O)N[C@@H](CO)c5ccc(-c6ccncc6Cl)cc5)C(C)C)nn4)cc3)c2n1. The molecule has 7 atom stereocenters. The van der Waals surface area contributed by atoms with Crippen LogP contribution in [0.5, 0.6) is 11.8 Å². The van der Waals surface area contributed by atoms with Crippen LogP contribution in [0.1, 0.15) is 56.8 Å². The topological polar surface area (TPSA) is 231 Å². The van der Waals surface area contributed by atoms with Gasteiger partial charge in [-0.1, -0.05) is 102 Å². The minimum absolute atomic E-state index is 0.00118. The number of carbonyl (C=O) groups is 2. The average molecular weight is 1130 g/mol. The number of nitrogens with zero attached hydrogens (tertiary/aromatic N) is 9. The van der Waals surface area contributed by atoms with Crippen molar-refractivity contribution in [2.45, 2.75) is 82.6 Å². The van der Waals surface area contributed by atoms with Gasteiger partial charge in [-0.2, -0.15) is 15.1 Å². The van der Waals surface area contributed by atoms with E-state index in [1.165, 1.54) is 15.6 Å². The maximum Gasteiger partial charge on any atom is 0.319 e. The number of H-pyrrole nitrogens is 1. The van der Waals surface area contributed by atoms with Gasteiger partial charge in [0.2, 0.25) is 11.8 Å². The third-order valence-corrected chi connectivity index (χ3v) is 16.0. The van der Waals surface area contributed by atoms with Crippen LogP contribution in [0.25, 0.3) is 55.3 Å². The molecule has 79 heavy (non-hydrogen) atoms. The molecule has 0 aliphatic carbocycles. The van der Waals surface area contributed by atoms with Gasteiger partial charge in [-0.25, -0.2) is 9.07 Å². The molecule has 3 saturated heterocycles. The molecule has 0 radical (unpaired) electrons. The zero-order valence-corrected chi connectivity index (χ0v) is 45.7. The lowest BCUT2D eigenvalue weighted by Gasteiger charge is -2.30. The molecule has 19 nitrogen and oxygen atoms in total. The van der Waals surface area contributed by atoms with E-state index >= 15 is 4.39 Å². The zero-order valence-electron chi connectivity index (χ0n) is 43.4. The number of fused-ring (bicyclic) bond motifs is 4. The van der Waals surface area contributed by atoms with Crippen molar-refractivity contribution in [3.05, 3.63) is 124 Å². The molecule has 3 aliphatic heterocycles. The largest absolute Gasteiger partial charge is 0.486 e. The number of amides is 2. The predicted molar refractivity (Wildman–Crippen MR) is 297 cm³/mol. The molecule has 0 spiro atoms. The third kappa shape index (κ3) is 10.7. The summed E-state index contributed by atoms with van der Waals surface area (Å²) in [6.07, 6.45) is 6.17. The van der Waals surface area contributed by atoms with E-state index < -0.39 is 48.5 Å². The Kier molecular flexibility index (Phi) is 15.4. The molecule has 3 aliphatic rings. The van der Waals surface area contributed by atoms with Crippen LogP contribution in [0.4, 0.5) is 10.2 Å². The number of pyridine rings is 1. The molecule has 23 heteroatoms. The number of aliphatic hydroxyl groups excluding tert-OH is 2. The molecule has 410 valence electrons. The van der Waals surface area contributed by atoms with E-state index in [9.17, 15) is 19.8 Å². The second-order valence-electron chi connectivity index (χ2n) is 20.5. The summed E-state index contributed by atoms with van der Waals surface area (Å²) in [6.45, 7) is 6.79. The number of rotatable bonds is 18. The summed E-state index contributed by atoms with van der Waals surface area (Å²) in [5.41, 5.74) is 5.51. The van der Waals surface area contributed by atoms with Crippen molar-refractivity contribution in [1.29, 1.82) is 0 Å². The van der Waals surface area contributed by atoms with Gasteiger partial charge in [0, 0.05) is 96.7 Å². The number of ether oxygens (including phenoxy) is 3. The molecule has 3 fully saturated rings. The molecule has 0 saturated carbocycles. The Morgan fingerprint density at radius 2 is 1.71 bits per heavy atom. The number of anilines is 1. The molecule has 8 aromatic rings. The highest BCUT2D eigenvalue weighted by Gasteiger charge is 2.44. The summed E-state index contributed by atoms with van der Waals surface area (Å²) >= 11 is 20.5. The molecule has 4 aromatic carbocycles. The van der Waals surface area contributed by atoms with Gasteiger partial charge in [0.25, 0.3) is 0 Å². The zero-order chi connectivity index (χ0) is 55.2. The average Bonchev–Trinajstić information content (AvgIpc) is 4.47. The first-order valence-corrected chi connectivity index (χ1v) is 27.1. The summed E-state index contributed by atoms with van der Waals surface area (Å²) in [6, 6.07) is 17.4. The van der Waals surface area contributed by atoms with Crippen molar-refractivity contribution < 1.29 is 38.4 Å². The first-order valence-electron chi connectivity index (χ1n) is 25.9. The predicted octanol–water partition coefficient (Wildman–Crippen LogP) is 8.14. The van der Waals surface area contributed by atoms with Crippen molar-refractivity contribution in [2.75, 3.05) is 44.9 Å². The standard InChI is InChI=1S/C56H56Cl3FN12O7/c1-28(2)51(55(76)71-23-36(74)16-46(71)54(75)64-45(25-73)33-11-9-31(10-12-33)37-13-14-61-21-41(37)58)72-24-44(68-69-72)32-7-5-30(6-8-32)27-78-52-48(47-39-20-63-67-43(39)18-42(60)49(47)59)40(57)17-38-50(52)65-56(79-26-29(3)77-4)66-53(38)70-22-34-15-35(70)19-62-34/h5-14,17-18,20-21,24,28-29,34-36,45-46,51,62,73-74H,15-16,19,22-23,25-27H2,1-4H3,(H,63,67)(H,64,75)/t29-,34-,35-,36+,45-,46-,51-/m0/s1. The summed E-state index contributed by atoms with van der Waals surface area (Å²) in [5.74, 6) is -1.07. The first kappa shape index (κ1) is 53.9. The van der Waals surface area contributed by atoms with Gasteiger partial charge in [-0.15, -0.1) is 5.10 Å². The van der Waals surface area contributed by atoms with Crippen LogP contribution in [-0.2, 0) is 20.9 Å². The highest BCUT2D eigenvalue weighted by Crippen LogP contribution is 2.50. The van der Waals surface area contributed by atoms with Crippen molar-refractivity contribution in [3.63, 3.8) is 0 Å². The van der Waals surface area contributed by atoms with Crippen molar-refractivity contribution in [1.82, 2.24) is 55.7 Å². The Morgan fingerprint density at radius 3 is 2.42 bits per heavy atom. The number of aromatic amines is 1. The van der Waals surface area contributed by atoms with Crippen LogP contribution < -0.4 is 25.0 Å². The number of hydrogen-bond acceptors (Lipinski definition) is 15. The fourth-order valence-electron chi connectivity index (χ4n) is 10.8. The summed E-state index contributed by atoms with van der Waals surface area (Å²) < 4.78 is 35.7. The van der Waals surface area contributed by atoms with E-state index in [1.54, 1.807) is 56.2 Å². The normalized spacial score (nSPS) is 19.2. The highest BCUT2D eigenvalue weighted by atomic mass is 35.5. The van der Waals surface area contributed by atoms with Gasteiger partial charge < -0.3 is 44.9 Å². The smallest absolute Gasteiger partial charge is 0.319 e. The molecule has 7 heterocycles. The second-order valence-corrected chi connectivity index (χ2v) is 21.7. The Bertz CT molecular complexity index is 3570. The van der Waals surface area contributed by atoms with Crippen LogP contribution in [0.15, 0.2) is 91.5 Å². The highest BCUT2D eigenvalue weighted by molar-refractivity contribution is 6.39. The number of halogens is 4. The lowest BCUT2D eigenvalue weighted by Crippen LogP contribution is -2.50. The van der Waals surface area contributed by atoms with Crippen LogP contribution in [0.3, 0.4) is 0 Å². The number of aromatic nitrogens is 8. The second kappa shape index (κ2) is 22.6. The molecular formula is C56H56Cl3FN12O7. The van der Waals surface area contributed by atoms with Gasteiger partial charge in [0.05, 0.1) is 57.8 Å². The molecule has 4 aromatic heterocycles. The van der Waals surface area contributed by atoms with Crippen LogP contribution in [-0.4, -0.2) is 137 Å². The van der Waals surface area contributed by atoms with E-state index in [0.717, 1.165) is 29.7 Å². The van der Waals surface area contributed by atoms with E-state index in [1.807, 2.05) is 57.2 Å². The number of piperazine rings is 1. The number of aliphatic hydroxyl groups is 2. The van der Waals surface area contributed by atoms with Crippen molar-refractivity contribution in [3.8, 4) is 45.3 Å². The molecule has 0 unspecified atom stereocenters. The van der Waals surface area contributed by atoms with Crippen LogP contribution >= 0.6 is 34.8 Å². The van der Waals surface area contributed by atoms with Crippen LogP contribution in [0.2, 0.25) is 15.1 Å². The minimum Gasteiger partial charge on any atom is -0.486 e. The maximum absolute atomic E-state index is 15.7. The lowest BCUT2D eigenvalue weighted by molar-refractivity contribution is -0.142. The molecule has 5 N–H and O–H groups in total. The van der Waals surface area contributed by atoms with Gasteiger partial charge in [0.15, 0.2) is 5.75 Å².